The van der Waals surface area contributed by atoms with E-state index in [0.717, 1.165) is 24.9 Å². The summed E-state index contributed by atoms with van der Waals surface area (Å²) in [5, 5.41) is 3.44. The lowest BCUT2D eigenvalue weighted by atomic mass is 9.80. The zero-order valence-electron chi connectivity index (χ0n) is 12.2. The van der Waals surface area contributed by atoms with Crippen LogP contribution in [0.5, 0.6) is 0 Å². The van der Waals surface area contributed by atoms with E-state index in [1.54, 1.807) is 0 Å². The maximum atomic E-state index is 11.4. The first-order valence-electron chi connectivity index (χ1n) is 7.88. The second-order valence-corrected chi connectivity index (χ2v) is 5.85. The Hall–Kier alpha value is -0.610. The Morgan fingerprint density at radius 3 is 2.79 bits per heavy atom. The van der Waals surface area contributed by atoms with Crippen LogP contribution >= 0.6 is 0 Å². The molecule has 2 aliphatic heterocycles. The molecule has 0 aromatic rings. The Balaban J connectivity index is 1.72. The molecule has 0 radical (unpaired) electrons. The molecule has 2 aliphatic rings. The summed E-state index contributed by atoms with van der Waals surface area (Å²) in [6.45, 7) is 7.95. The van der Waals surface area contributed by atoms with Crippen molar-refractivity contribution >= 4 is 5.97 Å². The molecule has 4 heteroatoms. The largest absolute Gasteiger partial charge is 0.466 e. The van der Waals surface area contributed by atoms with Gasteiger partial charge >= 0.3 is 5.97 Å². The molecule has 0 aromatic carbocycles. The zero-order valence-corrected chi connectivity index (χ0v) is 12.2. The van der Waals surface area contributed by atoms with Crippen molar-refractivity contribution in [3.63, 3.8) is 0 Å². The fraction of sp³-hybridized carbons (Fsp3) is 0.933. The van der Waals surface area contributed by atoms with E-state index >= 15 is 0 Å². The highest BCUT2D eigenvalue weighted by Crippen LogP contribution is 2.29. The molecule has 1 N–H and O–H groups in total. The summed E-state index contributed by atoms with van der Waals surface area (Å²) in [5.74, 6) is 1.69. The highest BCUT2D eigenvalue weighted by Gasteiger charge is 2.28. The molecule has 0 saturated carbocycles. The number of nitrogens with one attached hydrogen (secondary N) is 1. The lowest BCUT2D eigenvalue weighted by molar-refractivity contribution is -0.143. The minimum Gasteiger partial charge on any atom is -0.466 e. The van der Waals surface area contributed by atoms with Crippen LogP contribution in [0.4, 0.5) is 0 Å². The Morgan fingerprint density at radius 1 is 1.26 bits per heavy atom. The number of rotatable bonds is 5. The summed E-state index contributed by atoms with van der Waals surface area (Å²) in [6.07, 6.45) is 5.87. The lowest BCUT2D eigenvalue weighted by Crippen LogP contribution is -2.42. The van der Waals surface area contributed by atoms with E-state index in [2.05, 4.69) is 10.2 Å². The highest BCUT2D eigenvalue weighted by molar-refractivity contribution is 5.69. The molecule has 19 heavy (non-hydrogen) atoms. The number of esters is 1. The van der Waals surface area contributed by atoms with E-state index in [0.29, 0.717) is 13.0 Å². The average molecular weight is 268 g/mol. The van der Waals surface area contributed by atoms with E-state index in [-0.39, 0.29) is 5.97 Å². The molecule has 2 rings (SSSR count). The van der Waals surface area contributed by atoms with Gasteiger partial charge in [0.1, 0.15) is 0 Å². The fourth-order valence-electron chi connectivity index (χ4n) is 3.48. The summed E-state index contributed by atoms with van der Waals surface area (Å²) in [5.41, 5.74) is 0. The van der Waals surface area contributed by atoms with Gasteiger partial charge < -0.3 is 15.0 Å². The van der Waals surface area contributed by atoms with Gasteiger partial charge in [-0.2, -0.15) is 0 Å². The Morgan fingerprint density at radius 2 is 2.05 bits per heavy atom. The van der Waals surface area contributed by atoms with Gasteiger partial charge in [0, 0.05) is 13.1 Å². The number of piperidine rings is 2. The molecule has 2 fully saturated rings. The SMILES string of the molecule is CCOC(=O)CCN1CCCC(C2CCNCC2)C1. The van der Waals surface area contributed by atoms with Crippen molar-refractivity contribution in [3.05, 3.63) is 0 Å². The van der Waals surface area contributed by atoms with E-state index < -0.39 is 0 Å². The van der Waals surface area contributed by atoms with Crippen molar-refractivity contribution in [2.75, 3.05) is 39.3 Å². The Kier molecular flexibility index (Phi) is 6.11. The van der Waals surface area contributed by atoms with Gasteiger partial charge in [0.15, 0.2) is 0 Å². The molecule has 2 saturated heterocycles. The predicted octanol–water partition coefficient (Wildman–Crippen LogP) is 1.65. The van der Waals surface area contributed by atoms with Crippen molar-refractivity contribution in [2.45, 2.75) is 39.0 Å². The normalized spacial score (nSPS) is 26.3. The first kappa shape index (κ1) is 14.8. The Bertz CT molecular complexity index is 277. The van der Waals surface area contributed by atoms with Crippen LogP contribution in [0.3, 0.4) is 0 Å². The molecule has 0 aromatic heterocycles. The maximum absolute atomic E-state index is 11.4. The van der Waals surface area contributed by atoms with E-state index in [1.165, 1.54) is 45.3 Å². The third kappa shape index (κ3) is 4.77. The van der Waals surface area contributed by atoms with Crippen LogP contribution in [-0.4, -0.2) is 50.2 Å². The van der Waals surface area contributed by atoms with Crippen molar-refractivity contribution in [1.82, 2.24) is 10.2 Å². The van der Waals surface area contributed by atoms with Crippen LogP contribution in [0.2, 0.25) is 0 Å². The molecular weight excluding hydrogens is 240 g/mol. The van der Waals surface area contributed by atoms with Gasteiger partial charge in [0.2, 0.25) is 0 Å². The number of nitrogens with zero attached hydrogens (tertiary/aromatic N) is 1. The molecule has 110 valence electrons. The number of likely N-dealkylation sites (tertiary alicyclic amines) is 1. The maximum Gasteiger partial charge on any atom is 0.307 e. The molecule has 0 amide bonds. The van der Waals surface area contributed by atoms with E-state index in [9.17, 15) is 4.79 Å². The van der Waals surface area contributed by atoms with Gasteiger partial charge in [0.05, 0.1) is 13.0 Å². The molecule has 0 bridgehead atoms. The van der Waals surface area contributed by atoms with Gasteiger partial charge in [-0.15, -0.1) is 0 Å². The van der Waals surface area contributed by atoms with Crippen LogP contribution < -0.4 is 5.32 Å². The minimum absolute atomic E-state index is 0.0495. The number of ether oxygens (including phenoxy) is 1. The van der Waals surface area contributed by atoms with Crippen LogP contribution in [0.1, 0.15) is 39.0 Å². The van der Waals surface area contributed by atoms with Crippen LogP contribution in [0.25, 0.3) is 0 Å². The van der Waals surface area contributed by atoms with Gasteiger partial charge in [0.25, 0.3) is 0 Å². The summed E-state index contributed by atoms with van der Waals surface area (Å²) < 4.78 is 5.00. The van der Waals surface area contributed by atoms with Gasteiger partial charge in [-0.05, 0) is 64.1 Å². The number of hydrogen-bond donors (Lipinski definition) is 1. The number of carbonyl (C=O) groups is 1. The Labute approximate surface area is 116 Å². The first-order chi connectivity index (χ1) is 9.29. The minimum atomic E-state index is -0.0495. The molecule has 0 spiro atoms. The third-order valence-corrected chi connectivity index (χ3v) is 4.53. The summed E-state index contributed by atoms with van der Waals surface area (Å²) in [4.78, 5) is 13.9. The van der Waals surface area contributed by atoms with Crippen molar-refractivity contribution in [3.8, 4) is 0 Å². The predicted molar refractivity (Wildman–Crippen MR) is 76.0 cm³/mol. The quantitative estimate of drug-likeness (QED) is 0.770. The van der Waals surface area contributed by atoms with E-state index in [1.807, 2.05) is 6.92 Å². The lowest BCUT2D eigenvalue weighted by Gasteiger charge is -2.38. The fourth-order valence-corrected chi connectivity index (χ4v) is 3.48. The van der Waals surface area contributed by atoms with Gasteiger partial charge in [-0.3, -0.25) is 4.79 Å². The first-order valence-corrected chi connectivity index (χ1v) is 7.88. The number of hydrogen-bond acceptors (Lipinski definition) is 4. The standard InChI is InChI=1S/C15H28N2O2/c1-2-19-15(18)7-11-17-10-3-4-14(12-17)13-5-8-16-9-6-13/h13-14,16H,2-12H2,1H3. The summed E-state index contributed by atoms with van der Waals surface area (Å²) in [6, 6.07) is 0. The van der Waals surface area contributed by atoms with Gasteiger partial charge in [-0.1, -0.05) is 0 Å². The average Bonchev–Trinajstić information content (AvgIpc) is 2.47. The van der Waals surface area contributed by atoms with Crippen molar-refractivity contribution in [2.24, 2.45) is 11.8 Å². The molecule has 0 aliphatic carbocycles. The van der Waals surface area contributed by atoms with Crippen LogP contribution in [0, 0.1) is 11.8 Å². The highest BCUT2D eigenvalue weighted by atomic mass is 16.5. The second-order valence-electron chi connectivity index (χ2n) is 5.85. The van der Waals surface area contributed by atoms with Crippen molar-refractivity contribution < 1.29 is 9.53 Å². The summed E-state index contributed by atoms with van der Waals surface area (Å²) in [7, 11) is 0. The molecule has 1 unspecified atom stereocenters. The van der Waals surface area contributed by atoms with Crippen molar-refractivity contribution in [1.29, 1.82) is 0 Å². The molecule has 2 heterocycles. The monoisotopic (exact) mass is 268 g/mol. The van der Waals surface area contributed by atoms with Crippen LogP contribution in [0.15, 0.2) is 0 Å². The molecule has 1 atom stereocenters. The molecular formula is C15H28N2O2. The topological polar surface area (TPSA) is 41.6 Å². The van der Waals surface area contributed by atoms with Crippen LogP contribution in [-0.2, 0) is 9.53 Å². The van der Waals surface area contributed by atoms with Gasteiger partial charge in [-0.25, -0.2) is 0 Å². The zero-order chi connectivity index (χ0) is 13.5. The number of carbonyl (C=O) groups excluding carboxylic acids is 1. The molecule has 4 nitrogen and oxygen atoms in total. The summed E-state index contributed by atoms with van der Waals surface area (Å²) >= 11 is 0. The third-order valence-electron chi connectivity index (χ3n) is 4.53. The second kappa shape index (κ2) is 7.85. The van der Waals surface area contributed by atoms with E-state index in [4.69, 9.17) is 4.74 Å². The smallest absolute Gasteiger partial charge is 0.307 e.